The van der Waals surface area contributed by atoms with Gasteiger partial charge in [-0.15, -0.1) is 0 Å². The van der Waals surface area contributed by atoms with Crippen molar-refractivity contribution in [3.05, 3.63) is 27.7 Å². The predicted octanol–water partition coefficient (Wildman–Crippen LogP) is 3.17. The largest absolute Gasteiger partial charge is 0.489 e. The second-order valence-electron chi connectivity index (χ2n) is 4.75. The monoisotopic (exact) mass is 290 g/mol. The first-order valence-electron chi connectivity index (χ1n) is 5.98. The second kappa shape index (κ2) is 5.66. The van der Waals surface area contributed by atoms with Gasteiger partial charge in [0, 0.05) is 10.6 Å². The Labute approximate surface area is 116 Å². The fraction of sp³-hybridized carbons (Fsp3) is 0.538. The maximum atomic E-state index is 10.2. The molecule has 0 aliphatic heterocycles. The van der Waals surface area contributed by atoms with Crippen LogP contribution in [0.15, 0.2) is 12.1 Å². The van der Waals surface area contributed by atoms with E-state index >= 15 is 0 Å². The molecule has 2 rings (SSSR count). The van der Waals surface area contributed by atoms with E-state index in [1.165, 1.54) is 0 Å². The first-order chi connectivity index (χ1) is 8.54. The van der Waals surface area contributed by atoms with Gasteiger partial charge in [-0.3, -0.25) is 0 Å². The van der Waals surface area contributed by atoms with E-state index in [0.29, 0.717) is 21.4 Å². The van der Waals surface area contributed by atoms with Crippen LogP contribution in [0.4, 0.5) is 0 Å². The number of hydrogen-bond donors (Lipinski definition) is 2. The number of benzene rings is 1. The number of ether oxygens (including phenoxy) is 1. The smallest absolute Gasteiger partial charge is 0.143 e. The van der Waals surface area contributed by atoms with Crippen molar-refractivity contribution in [1.82, 2.24) is 0 Å². The molecule has 0 radical (unpaired) electrons. The molecule has 0 saturated heterocycles. The molecule has 18 heavy (non-hydrogen) atoms. The SMILES string of the molecule is OCc1cc(Cl)cc(Cl)c1OCC1(O)CCCC1. The Kier molecular flexibility index (Phi) is 4.38. The van der Waals surface area contributed by atoms with E-state index < -0.39 is 5.60 Å². The van der Waals surface area contributed by atoms with Gasteiger partial charge < -0.3 is 14.9 Å². The van der Waals surface area contributed by atoms with Crippen LogP contribution in [0.3, 0.4) is 0 Å². The van der Waals surface area contributed by atoms with Crippen molar-refractivity contribution in [2.75, 3.05) is 6.61 Å². The molecule has 1 aliphatic carbocycles. The highest BCUT2D eigenvalue weighted by Crippen LogP contribution is 2.35. The number of aliphatic hydroxyl groups is 2. The normalized spacial score (nSPS) is 18.0. The Hall–Kier alpha value is -0.480. The van der Waals surface area contributed by atoms with E-state index in [9.17, 15) is 10.2 Å². The molecule has 1 fully saturated rings. The Balaban J connectivity index is 2.13. The lowest BCUT2D eigenvalue weighted by Crippen LogP contribution is -2.32. The van der Waals surface area contributed by atoms with Crippen LogP contribution in [0.5, 0.6) is 5.75 Å². The fourth-order valence-electron chi connectivity index (χ4n) is 2.28. The first-order valence-corrected chi connectivity index (χ1v) is 6.74. The van der Waals surface area contributed by atoms with Crippen molar-refractivity contribution in [3.8, 4) is 5.75 Å². The van der Waals surface area contributed by atoms with Crippen LogP contribution in [0, 0.1) is 0 Å². The van der Waals surface area contributed by atoms with E-state index in [1.54, 1.807) is 12.1 Å². The van der Waals surface area contributed by atoms with E-state index in [4.69, 9.17) is 27.9 Å². The molecule has 0 spiro atoms. The Morgan fingerprint density at radius 3 is 2.50 bits per heavy atom. The maximum Gasteiger partial charge on any atom is 0.143 e. The third-order valence-corrected chi connectivity index (χ3v) is 3.77. The highest BCUT2D eigenvalue weighted by molar-refractivity contribution is 6.35. The maximum absolute atomic E-state index is 10.2. The summed E-state index contributed by atoms with van der Waals surface area (Å²) < 4.78 is 5.60. The molecular formula is C13H16Cl2O3. The summed E-state index contributed by atoms with van der Waals surface area (Å²) >= 11 is 11.9. The van der Waals surface area contributed by atoms with Crippen molar-refractivity contribution in [1.29, 1.82) is 0 Å². The summed E-state index contributed by atoms with van der Waals surface area (Å²) in [7, 11) is 0. The summed E-state index contributed by atoms with van der Waals surface area (Å²) in [6, 6.07) is 3.18. The lowest BCUT2D eigenvalue weighted by Gasteiger charge is -2.23. The third kappa shape index (κ3) is 3.09. The number of halogens is 2. The van der Waals surface area contributed by atoms with Crippen LogP contribution in [-0.4, -0.2) is 22.4 Å². The van der Waals surface area contributed by atoms with E-state index in [1.807, 2.05) is 0 Å². The molecule has 3 nitrogen and oxygen atoms in total. The predicted molar refractivity (Wildman–Crippen MR) is 71.3 cm³/mol. The molecule has 0 aromatic heterocycles. The lowest BCUT2D eigenvalue weighted by atomic mass is 10.0. The lowest BCUT2D eigenvalue weighted by molar-refractivity contribution is 0.000858. The molecule has 100 valence electrons. The molecule has 1 saturated carbocycles. The summed E-state index contributed by atoms with van der Waals surface area (Å²) in [6.07, 6.45) is 3.52. The van der Waals surface area contributed by atoms with Gasteiger partial charge in [-0.05, 0) is 25.0 Å². The Bertz CT molecular complexity index is 428. The highest BCUT2D eigenvalue weighted by Gasteiger charge is 2.32. The van der Waals surface area contributed by atoms with Crippen molar-refractivity contribution >= 4 is 23.2 Å². The molecule has 0 atom stereocenters. The molecule has 0 heterocycles. The highest BCUT2D eigenvalue weighted by atomic mass is 35.5. The van der Waals surface area contributed by atoms with Crippen molar-refractivity contribution in [2.24, 2.45) is 0 Å². The minimum atomic E-state index is -0.768. The van der Waals surface area contributed by atoms with Gasteiger partial charge in [0.1, 0.15) is 12.4 Å². The van der Waals surface area contributed by atoms with Gasteiger partial charge in [0.05, 0.1) is 17.2 Å². The number of rotatable bonds is 4. The van der Waals surface area contributed by atoms with E-state index in [-0.39, 0.29) is 13.2 Å². The standard InChI is InChI=1S/C13H16Cl2O3/c14-10-5-9(7-16)12(11(15)6-10)18-8-13(17)3-1-2-4-13/h5-6,16-17H,1-4,7-8H2. The fourth-order valence-corrected chi connectivity index (χ4v) is 2.87. The molecular weight excluding hydrogens is 275 g/mol. The van der Waals surface area contributed by atoms with Crippen molar-refractivity contribution in [3.63, 3.8) is 0 Å². The molecule has 5 heteroatoms. The Morgan fingerprint density at radius 1 is 1.22 bits per heavy atom. The summed E-state index contributed by atoms with van der Waals surface area (Å²) in [4.78, 5) is 0. The van der Waals surface area contributed by atoms with Crippen LogP contribution >= 0.6 is 23.2 Å². The van der Waals surface area contributed by atoms with Gasteiger partial charge in [-0.1, -0.05) is 36.0 Å². The van der Waals surface area contributed by atoms with Crippen LogP contribution in [0.2, 0.25) is 10.0 Å². The van der Waals surface area contributed by atoms with E-state index in [2.05, 4.69) is 0 Å². The summed E-state index contributed by atoms with van der Waals surface area (Å²) in [5, 5.41) is 20.3. The zero-order valence-corrected chi connectivity index (χ0v) is 11.5. The van der Waals surface area contributed by atoms with Gasteiger partial charge >= 0.3 is 0 Å². The zero-order chi connectivity index (χ0) is 13.2. The average Bonchev–Trinajstić information content (AvgIpc) is 2.74. The van der Waals surface area contributed by atoms with Gasteiger partial charge in [0.2, 0.25) is 0 Å². The van der Waals surface area contributed by atoms with Gasteiger partial charge in [-0.25, -0.2) is 0 Å². The summed E-state index contributed by atoms with van der Waals surface area (Å²) in [6.45, 7) is -0.00457. The molecule has 1 aromatic rings. The minimum Gasteiger partial charge on any atom is -0.489 e. The van der Waals surface area contributed by atoms with E-state index in [0.717, 1.165) is 25.7 Å². The third-order valence-electron chi connectivity index (χ3n) is 3.28. The summed E-state index contributed by atoms with van der Waals surface area (Å²) in [5.41, 5.74) is -0.232. The molecule has 1 aliphatic rings. The molecule has 1 aromatic carbocycles. The first kappa shape index (κ1) is 13.9. The molecule has 0 amide bonds. The number of aliphatic hydroxyl groups excluding tert-OH is 1. The van der Waals surface area contributed by atoms with Crippen LogP contribution < -0.4 is 4.74 Å². The van der Waals surface area contributed by atoms with Crippen LogP contribution in [0.25, 0.3) is 0 Å². The van der Waals surface area contributed by atoms with Crippen LogP contribution in [-0.2, 0) is 6.61 Å². The number of hydrogen-bond acceptors (Lipinski definition) is 3. The van der Waals surface area contributed by atoms with Gasteiger partial charge in [0.15, 0.2) is 0 Å². The topological polar surface area (TPSA) is 49.7 Å². The average molecular weight is 291 g/mol. The molecule has 2 N–H and O–H groups in total. The van der Waals surface area contributed by atoms with Crippen molar-refractivity contribution in [2.45, 2.75) is 37.9 Å². The zero-order valence-electron chi connectivity index (χ0n) is 9.96. The van der Waals surface area contributed by atoms with Crippen molar-refractivity contribution < 1.29 is 14.9 Å². The quantitative estimate of drug-likeness (QED) is 0.895. The molecule has 0 bridgehead atoms. The van der Waals surface area contributed by atoms with Crippen LogP contribution in [0.1, 0.15) is 31.2 Å². The minimum absolute atomic E-state index is 0.196. The van der Waals surface area contributed by atoms with Gasteiger partial charge in [-0.2, -0.15) is 0 Å². The second-order valence-corrected chi connectivity index (χ2v) is 5.60. The summed E-state index contributed by atoms with van der Waals surface area (Å²) in [5.74, 6) is 0.406. The Morgan fingerprint density at radius 2 is 1.89 bits per heavy atom. The molecule has 0 unspecified atom stereocenters. The van der Waals surface area contributed by atoms with Gasteiger partial charge in [0.25, 0.3) is 0 Å².